The number of ketones is 1. The van der Waals surface area contributed by atoms with Crippen LogP contribution in [0.5, 0.6) is 5.75 Å². The summed E-state index contributed by atoms with van der Waals surface area (Å²) >= 11 is 9.27. The fourth-order valence-electron chi connectivity index (χ4n) is 6.86. The number of carbonyl (C=O) groups excluding carboxylic acids is 3. The monoisotopic (exact) mass is 1020 g/mol. The molecule has 1 atom stereocenters. The van der Waals surface area contributed by atoms with Gasteiger partial charge in [0.1, 0.15) is 5.75 Å². The molecule has 0 aliphatic rings. The predicted molar refractivity (Wildman–Crippen MR) is 285 cm³/mol. The van der Waals surface area contributed by atoms with E-state index < -0.39 is 21.6 Å². The largest absolute Gasteiger partial charge is 0.494 e. The zero-order valence-corrected chi connectivity index (χ0v) is 44.1. The SMILES string of the molecule is CCCCc1nccc(S(C)=O)c1C(=O)Nc1ccc([N+](=O)[O-])c(C)c1.CCOc1cccc(SCCN(C)C)c1CC(=O)c1ccc(Cl)c(C)c1.Cc1cc(NC(=O)c2sccc2C)ccc1C#N. The van der Waals surface area contributed by atoms with Crippen LogP contribution in [0.15, 0.2) is 106 Å². The quantitative estimate of drug-likeness (QED) is 0.0361. The number of hydrogen-bond acceptors (Lipinski definition) is 12. The molecule has 0 bridgehead atoms. The van der Waals surface area contributed by atoms with Crippen molar-refractivity contribution in [1.82, 2.24) is 9.88 Å². The first-order valence-corrected chi connectivity index (χ1v) is 26.2. The number of nitro groups is 1. The summed E-state index contributed by atoms with van der Waals surface area (Å²) in [4.78, 5) is 56.8. The van der Waals surface area contributed by atoms with Crippen LogP contribution in [0, 0.1) is 49.1 Å². The summed E-state index contributed by atoms with van der Waals surface area (Å²) in [5, 5.41) is 27.9. The van der Waals surface area contributed by atoms with Gasteiger partial charge in [-0.15, -0.1) is 23.1 Å². The highest BCUT2D eigenvalue weighted by Gasteiger charge is 2.21. The molecule has 13 nitrogen and oxygen atoms in total. The van der Waals surface area contributed by atoms with E-state index in [1.54, 1.807) is 67.3 Å². The summed E-state index contributed by atoms with van der Waals surface area (Å²) in [5.41, 5.74) is 7.54. The minimum absolute atomic E-state index is 0.0108. The molecule has 2 aromatic heterocycles. The van der Waals surface area contributed by atoms with Crippen molar-refractivity contribution in [1.29, 1.82) is 5.26 Å². The second-order valence-electron chi connectivity index (χ2n) is 16.3. The first kappa shape index (κ1) is 56.4. The van der Waals surface area contributed by atoms with Gasteiger partial charge in [0, 0.05) is 75.2 Å². The summed E-state index contributed by atoms with van der Waals surface area (Å²) in [5.74, 6) is 1.31. The van der Waals surface area contributed by atoms with Crippen molar-refractivity contribution in [2.24, 2.45) is 0 Å². The Kier molecular flexibility index (Phi) is 22.4. The molecule has 0 aliphatic carbocycles. The van der Waals surface area contributed by atoms with Crippen LogP contribution in [-0.2, 0) is 23.6 Å². The molecule has 0 radical (unpaired) electrons. The molecule has 0 saturated carbocycles. The Morgan fingerprint density at radius 2 is 1.61 bits per heavy atom. The lowest BCUT2D eigenvalue weighted by molar-refractivity contribution is -0.385. The Balaban J connectivity index is 0.000000233. The average molecular weight is 1020 g/mol. The maximum atomic E-state index is 12.9. The first-order chi connectivity index (χ1) is 33.4. The molecule has 17 heteroatoms. The summed E-state index contributed by atoms with van der Waals surface area (Å²) in [6, 6.07) is 26.7. The van der Waals surface area contributed by atoms with Gasteiger partial charge in [0.25, 0.3) is 17.5 Å². The van der Waals surface area contributed by atoms with Crippen molar-refractivity contribution < 1.29 is 28.3 Å². The smallest absolute Gasteiger partial charge is 0.272 e. The van der Waals surface area contributed by atoms with Gasteiger partial charge in [0.2, 0.25) is 0 Å². The van der Waals surface area contributed by atoms with Crippen LogP contribution in [0.2, 0.25) is 5.02 Å². The van der Waals surface area contributed by atoms with E-state index in [1.807, 2.05) is 64.3 Å². The van der Waals surface area contributed by atoms with Crippen LogP contribution in [-0.4, -0.2) is 75.9 Å². The molecule has 2 amide bonds. The molecule has 2 heterocycles. The molecule has 0 saturated heterocycles. The zero-order chi connectivity index (χ0) is 51.5. The first-order valence-electron chi connectivity index (χ1n) is 22.4. The van der Waals surface area contributed by atoms with E-state index in [2.05, 4.69) is 46.7 Å². The minimum Gasteiger partial charge on any atom is -0.494 e. The minimum atomic E-state index is -1.34. The molecular formula is C53H59ClN6O7S3. The Labute approximate surface area is 426 Å². The number of halogens is 1. The van der Waals surface area contributed by atoms with E-state index in [0.717, 1.165) is 62.9 Å². The van der Waals surface area contributed by atoms with Gasteiger partial charge in [-0.1, -0.05) is 31.0 Å². The molecule has 368 valence electrons. The van der Waals surface area contributed by atoms with Crippen LogP contribution in [0.25, 0.3) is 0 Å². The number of thioether (sulfide) groups is 1. The molecule has 6 aromatic rings. The molecule has 0 spiro atoms. The number of hydrogen-bond donors (Lipinski definition) is 2. The van der Waals surface area contributed by atoms with Crippen molar-refractivity contribution in [2.45, 2.75) is 77.0 Å². The van der Waals surface area contributed by atoms with Crippen LogP contribution in [0.1, 0.15) is 96.2 Å². The third kappa shape index (κ3) is 16.5. The lowest BCUT2D eigenvalue weighted by atomic mass is 10.0. The fourth-order valence-corrected chi connectivity index (χ4v) is 9.74. The van der Waals surface area contributed by atoms with Crippen molar-refractivity contribution >= 4 is 80.2 Å². The number of rotatable bonds is 18. The van der Waals surface area contributed by atoms with E-state index in [1.165, 1.54) is 29.7 Å². The number of aryl methyl sites for hydroxylation is 5. The predicted octanol–water partition coefficient (Wildman–Crippen LogP) is 12.2. The summed E-state index contributed by atoms with van der Waals surface area (Å²) in [7, 11) is 2.78. The molecule has 4 aromatic carbocycles. The molecular weight excluding hydrogens is 964 g/mol. The van der Waals surface area contributed by atoms with E-state index in [9.17, 15) is 28.7 Å². The van der Waals surface area contributed by atoms with Gasteiger partial charge in [-0.25, -0.2) is 0 Å². The van der Waals surface area contributed by atoms with Gasteiger partial charge in [0.15, 0.2) is 5.78 Å². The number of benzene rings is 4. The Bertz CT molecular complexity index is 2880. The van der Waals surface area contributed by atoms with Crippen LogP contribution >= 0.6 is 34.7 Å². The highest BCUT2D eigenvalue weighted by atomic mass is 35.5. The number of amides is 2. The summed E-state index contributed by atoms with van der Waals surface area (Å²) in [6.45, 7) is 12.8. The second kappa shape index (κ2) is 27.8. The number of nitrogens with one attached hydrogen (secondary N) is 2. The molecule has 0 aliphatic heterocycles. The van der Waals surface area contributed by atoms with Crippen molar-refractivity contribution in [3.05, 3.63) is 167 Å². The van der Waals surface area contributed by atoms with E-state index in [0.29, 0.717) is 68.7 Å². The third-order valence-electron chi connectivity index (χ3n) is 10.6. The van der Waals surface area contributed by atoms with E-state index >= 15 is 0 Å². The van der Waals surface area contributed by atoms with Gasteiger partial charge in [-0.2, -0.15) is 5.26 Å². The Morgan fingerprint density at radius 3 is 2.20 bits per heavy atom. The lowest BCUT2D eigenvalue weighted by Gasteiger charge is -2.15. The highest BCUT2D eigenvalue weighted by Crippen LogP contribution is 2.32. The van der Waals surface area contributed by atoms with Gasteiger partial charge in [-0.05, 0) is 156 Å². The van der Waals surface area contributed by atoms with Crippen molar-refractivity contribution in [3.8, 4) is 11.8 Å². The normalized spacial score (nSPS) is 11.0. The standard InChI is InChI=1S/C21H26ClNO2S.C18H21N3O4S.C14H12N2OS/c1-5-25-20-7-6-8-21(26-12-11-23(3)4)17(20)14-19(24)16-9-10-18(22)15(2)13-16;1-4-5-6-14-17(16(26(3)25)9-10-19-14)18(22)20-13-7-8-15(21(23)24)12(2)11-13;1-9-5-6-18-13(9)14(17)16-12-4-3-11(8-15)10(2)7-12/h6-10,13H,5,11-12,14H2,1-4H3;7-11H,4-6H2,1-3H3,(H,20,22);3-7H,1-2H3,(H,16,17). The van der Waals surface area contributed by atoms with Gasteiger partial charge < -0.3 is 20.3 Å². The molecule has 70 heavy (non-hydrogen) atoms. The van der Waals surface area contributed by atoms with E-state index in [4.69, 9.17) is 21.6 Å². The molecule has 2 N–H and O–H groups in total. The topological polar surface area (TPSA) is 185 Å². The number of nitriles is 1. The number of carbonyl (C=O) groups is 3. The second-order valence-corrected chi connectivity index (χ2v) is 20.1. The van der Waals surface area contributed by atoms with Gasteiger partial charge in [0.05, 0.1) is 55.0 Å². The van der Waals surface area contributed by atoms with Gasteiger partial charge >= 0.3 is 0 Å². The fraction of sp³-hybridized carbons (Fsp3) is 0.302. The lowest BCUT2D eigenvalue weighted by Crippen LogP contribution is -2.18. The number of nitrogens with zero attached hydrogens (tertiary/aromatic N) is 4. The zero-order valence-electron chi connectivity index (χ0n) is 40.9. The molecule has 6 rings (SSSR count). The number of ether oxygens (including phenoxy) is 1. The highest BCUT2D eigenvalue weighted by molar-refractivity contribution is 7.99. The van der Waals surface area contributed by atoms with Gasteiger partial charge in [-0.3, -0.25) is 33.7 Å². The average Bonchev–Trinajstić information content (AvgIpc) is 3.76. The van der Waals surface area contributed by atoms with Crippen LogP contribution < -0.4 is 15.4 Å². The number of aromatic nitrogens is 1. The maximum absolute atomic E-state index is 12.9. The molecule has 1 unspecified atom stereocenters. The number of pyridine rings is 1. The number of Topliss-reactive ketones (excluding diaryl/α,β-unsaturated/α-hetero) is 1. The number of thiophene rings is 1. The van der Waals surface area contributed by atoms with E-state index in [-0.39, 0.29) is 17.4 Å². The maximum Gasteiger partial charge on any atom is 0.272 e. The van der Waals surface area contributed by atoms with Crippen LogP contribution in [0.3, 0.4) is 0 Å². The molecule has 0 fully saturated rings. The Hall–Kier alpha value is -6.22. The van der Waals surface area contributed by atoms with Crippen LogP contribution in [0.4, 0.5) is 17.1 Å². The van der Waals surface area contributed by atoms with Crippen molar-refractivity contribution in [3.63, 3.8) is 0 Å². The number of unbranched alkanes of at least 4 members (excludes halogenated alkanes) is 1. The summed E-state index contributed by atoms with van der Waals surface area (Å²) < 4.78 is 17.8. The van der Waals surface area contributed by atoms with Crippen molar-refractivity contribution in [2.75, 3.05) is 49.9 Å². The number of nitro benzene ring substituents is 1. The third-order valence-corrected chi connectivity index (χ3v) is 14.1. The Morgan fingerprint density at radius 1 is 0.914 bits per heavy atom. The number of anilines is 2. The summed E-state index contributed by atoms with van der Waals surface area (Å²) in [6.07, 6.45) is 5.83.